The second kappa shape index (κ2) is 6.09. The molecule has 1 atom stereocenters. The Kier molecular flexibility index (Phi) is 4.64. The van der Waals surface area contributed by atoms with Crippen LogP contribution >= 0.6 is 11.6 Å². The van der Waals surface area contributed by atoms with Crippen molar-refractivity contribution in [2.45, 2.75) is 30.9 Å². The SMILES string of the molecule is CCCC(O)CNS(=O)(=O)c1c(Cl)nc2ccccn12. The summed E-state index contributed by atoms with van der Waals surface area (Å²) in [5.74, 6) is 0. The maximum atomic E-state index is 12.3. The number of nitrogens with one attached hydrogen (secondary N) is 1. The zero-order valence-corrected chi connectivity index (χ0v) is 12.5. The van der Waals surface area contributed by atoms with E-state index < -0.39 is 16.1 Å². The fourth-order valence-corrected chi connectivity index (χ4v) is 3.61. The minimum absolute atomic E-state index is 0.0490. The molecule has 6 nitrogen and oxygen atoms in total. The summed E-state index contributed by atoms with van der Waals surface area (Å²) in [6.45, 7) is 1.87. The minimum Gasteiger partial charge on any atom is -0.392 e. The van der Waals surface area contributed by atoms with Gasteiger partial charge in [0.25, 0.3) is 10.0 Å². The lowest BCUT2D eigenvalue weighted by molar-refractivity contribution is 0.167. The highest BCUT2D eigenvalue weighted by molar-refractivity contribution is 7.89. The Hall–Kier alpha value is -1.15. The van der Waals surface area contributed by atoms with Gasteiger partial charge in [0.05, 0.1) is 6.10 Å². The molecule has 20 heavy (non-hydrogen) atoms. The molecule has 0 fully saturated rings. The maximum Gasteiger partial charge on any atom is 0.259 e. The van der Waals surface area contributed by atoms with Gasteiger partial charge in [-0.15, -0.1) is 0 Å². The van der Waals surface area contributed by atoms with Crippen LogP contribution in [-0.2, 0) is 10.0 Å². The first-order valence-electron chi connectivity index (χ1n) is 6.26. The zero-order chi connectivity index (χ0) is 14.8. The number of aliphatic hydroxyl groups excluding tert-OH is 1. The van der Waals surface area contributed by atoms with Crippen molar-refractivity contribution >= 4 is 27.3 Å². The van der Waals surface area contributed by atoms with Gasteiger partial charge in [-0.3, -0.25) is 4.40 Å². The molecule has 0 saturated heterocycles. The summed E-state index contributed by atoms with van der Waals surface area (Å²) in [7, 11) is -3.83. The Balaban J connectivity index is 2.30. The third-order valence-corrected chi connectivity index (χ3v) is 4.65. The van der Waals surface area contributed by atoms with Crippen molar-refractivity contribution in [2.24, 2.45) is 0 Å². The van der Waals surface area contributed by atoms with Crippen molar-refractivity contribution in [1.29, 1.82) is 0 Å². The number of sulfonamides is 1. The zero-order valence-electron chi connectivity index (χ0n) is 11.0. The van der Waals surface area contributed by atoms with Crippen molar-refractivity contribution in [3.05, 3.63) is 29.5 Å². The molecule has 0 spiro atoms. The number of nitrogens with zero attached hydrogens (tertiary/aromatic N) is 2. The lowest BCUT2D eigenvalue weighted by atomic mass is 10.2. The van der Waals surface area contributed by atoms with E-state index in [2.05, 4.69) is 9.71 Å². The first-order valence-corrected chi connectivity index (χ1v) is 8.12. The number of imidazole rings is 1. The number of rotatable bonds is 6. The van der Waals surface area contributed by atoms with Gasteiger partial charge in [-0.1, -0.05) is 31.0 Å². The van der Waals surface area contributed by atoms with Gasteiger partial charge in [-0.2, -0.15) is 0 Å². The van der Waals surface area contributed by atoms with Crippen molar-refractivity contribution in [3.63, 3.8) is 0 Å². The molecule has 0 aromatic carbocycles. The Morgan fingerprint density at radius 3 is 2.95 bits per heavy atom. The van der Waals surface area contributed by atoms with Gasteiger partial charge in [-0.05, 0) is 18.6 Å². The molecule has 0 amide bonds. The van der Waals surface area contributed by atoms with E-state index in [1.165, 1.54) is 4.40 Å². The summed E-state index contributed by atoms with van der Waals surface area (Å²) in [6.07, 6.45) is 2.17. The monoisotopic (exact) mass is 317 g/mol. The number of halogens is 1. The van der Waals surface area contributed by atoms with E-state index >= 15 is 0 Å². The van der Waals surface area contributed by atoms with E-state index in [0.29, 0.717) is 12.1 Å². The van der Waals surface area contributed by atoms with Gasteiger partial charge in [0.1, 0.15) is 5.65 Å². The van der Waals surface area contributed by atoms with Crippen molar-refractivity contribution in [1.82, 2.24) is 14.1 Å². The molecule has 0 bridgehead atoms. The first-order chi connectivity index (χ1) is 9.45. The number of hydrogen-bond acceptors (Lipinski definition) is 4. The summed E-state index contributed by atoms with van der Waals surface area (Å²) < 4.78 is 28.3. The van der Waals surface area contributed by atoms with Crippen molar-refractivity contribution < 1.29 is 13.5 Å². The second-order valence-corrected chi connectivity index (χ2v) is 6.47. The van der Waals surface area contributed by atoms with E-state index in [1.807, 2.05) is 6.92 Å². The molecular weight excluding hydrogens is 302 g/mol. The summed E-state index contributed by atoms with van der Waals surface area (Å²) in [6, 6.07) is 5.10. The van der Waals surface area contributed by atoms with Crippen LogP contribution in [-0.4, -0.2) is 35.6 Å². The third-order valence-electron chi connectivity index (χ3n) is 2.83. The first kappa shape index (κ1) is 15.2. The van der Waals surface area contributed by atoms with Crippen LogP contribution in [0, 0.1) is 0 Å². The van der Waals surface area contributed by atoms with Crippen molar-refractivity contribution in [2.75, 3.05) is 6.54 Å². The molecule has 0 aliphatic heterocycles. The molecule has 2 aromatic heterocycles. The third kappa shape index (κ3) is 3.12. The number of fused-ring (bicyclic) bond motifs is 1. The van der Waals surface area contributed by atoms with Crippen LogP contribution in [0.3, 0.4) is 0 Å². The molecular formula is C12H16ClN3O3S. The second-order valence-electron chi connectivity index (χ2n) is 4.43. The fraction of sp³-hybridized carbons (Fsp3) is 0.417. The average molecular weight is 318 g/mol. The number of hydrogen-bond donors (Lipinski definition) is 2. The Bertz CT molecular complexity index is 699. The molecule has 8 heteroatoms. The molecule has 110 valence electrons. The van der Waals surface area contributed by atoms with E-state index in [4.69, 9.17) is 11.6 Å². The lowest BCUT2D eigenvalue weighted by Gasteiger charge is -2.11. The van der Waals surface area contributed by atoms with E-state index in [0.717, 1.165) is 6.42 Å². The van der Waals surface area contributed by atoms with Crippen molar-refractivity contribution in [3.8, 4) is 0 Å². The molecule has 2 N–H and O–H groups in total. The van der Waals surface area contributed by atoms with Crippen LogP contribution in [0.25, 0.3) is 5.65 Å². The van der Waals surface area contributed by atoms with Crippen LogP contribution in [0.2, 0.25) is 5.15 Å². The minimum atomic E-state index is -3.83. The average Bonchev–Trinajstić information content (AvgIpc) is 2.73. The smallest absolute Gasteiger partial charge is 0.259 e. The Labute approximate surface area is 122 Å². The quantitative estimate of drug-likeness (QED) is 0.844. The summed E-state index contributed by atoms with van der Waals surface area (Å²) >= 11 is 5.92. The topological polar surface area (TPSA) is 83.7 Å². The van der Waals surface area contributed by atoms with E-state index in [9.17, 15) is 13.5 Å². The van der Waals surface area contributed by atoms with Crippen LogP contribution < -0.4 is 4.72 Å². The Morgan fingerprint density at radius 2 is 2.25 bits per heavy atom. The summed E-state index contributed by atoms with van der Waals surface area (Å²) in [4.78, 5) is 3.99. The maximum absolute atomic E-state index is 12.3. The van der Waals surface area contributed by atoms with Crippen LogP contribution in [0.4, 0.5) is 0 Å². The van der Waals surface area contributed by atoms with Gasteiger partial charge >= 0.3 is 0 Å². The standard InChI is InChI=1S/C12H16ClN3O3S/c1-2-5-9(17)8-14-20(18,19)12-11(13)15-10-6-3-4-7-16(10)12/h3-4,6-7,9,14,17H,2,5,8H2,1H3. The molecule has 2 aromatic rings. The van der Waals surface area contributed by atoms with Crippen LogP contribution in [0.1, 0.15) is 19.8 Å². The number of pyridine rings is 1. The molecule has 2 rings (SSSR count). The molecule has 1 unspecified atom stereocenters. The predicted molar refractivity (Wildman–Crippen MR) is 76.3 cm³/mol. The van der Waals surface area contributed by atoms with Gasteiger partial charge < -0.3 is 5.11 Å². The molecule has 0 aliphatic carbocycles. The van der Waals surface area contributed by atoms with E-state index in [-0.39, 0.29) is 16.7 Å². The van der Waals surface area contributed by atoms with Gasteiger partial charge in [0.2, 0.25) is 0 Å². The molecule has 0 radical (unpaired) electrons. The highest BCUT2D eigenvalue weighted by Crippen LogP contribution is 2.22. The Morgan fingerprint density at radius 1 is 1.50 bits per heavy atom. The fourth-order valence-electron chi connectivity index (χ4n) is 1.89. The largest absolute Gasteiger partial charge is 0.392 e. The summed E-state index contributed by atoms with van der Waals surface area (Å²) in [5.41, 5.74) is 0.451. The lowest BCUT2D eigenvalue weighted by Crippen LogP contribution is -2.32. The van der Waals surface area contributed by atoms with Gasteiger partial charge in [-0.25, -0.2) is 18.1 Å². The van der Waals surface area contributed by atoms with Gasteiger partial charge in [0, 0.05) is 12.7 Å². The molecule has 2 heterocycles. The highest BCUT2D eigenvalue weighted by atomic mass is 35.5. The van der Waals surface area contributed by atoms with Crippen LogP contribution in [0.5, 0.6) is 0 Å². The number of aromatic nitrogens is 2. The summed E-state index contributed by atoms with van der Waals surface area (Å²) in [5, 5.41) is 9.41. The highest BCUT2D eigenvalue weighted by Gasteiger charge is 2.24. The normalized spacial score (nSPS) is 13.8. The molecule has 0 aliphatic rings. The number of aliphatic hydroxyl groups is 1. The van der Waals surface area contributed by atoms with Crippen LogP contribution in [0.15, 0.2) is 29.4 Å². The van der Waals surface area contributed by atoms with E-state index in [1.54, 1.807) is 24.4 Å². The predicted octanol–water partition coefficient (Wildman–Crippen LogP) is 1.43. The van der Waals surface area contributed by atoms with Gasteiger partial charge in [0.15, 0.2) is 10.2 Å². The molecule has 0 saturated carbocycles.